The number of thiazole rings is 1. The van der Waals surface area contributed by atoms with E-state index in [2.05, 4.69) is 58.9 Å². The smallest absolute Gasteiger partial charge is 0.190 e. The van der Waals surface area contributed by atoms with E-state index in [4.69, 9.17) is 0 Å². The van der Waals surface area contributed by atoms with Crippen molar-refractivity contribution in [3.63, 3.8) is 0 Å². The normalized spacial score (nSPS) is 13.1. The van der Waals surface area contributed by atoms with Crippen LogP contribution >= 0.6 is 22.7 Å². The van der Waals surface area contributed by atoms with E-state index in [-0.39, 0.29) is 0 Å². The fourth-order valence-corrected chi connectivity index (χ4v) is 4.07. The molecule has 1 atom stereocenters. The maximum Gasteiger partial charge on any atom is 0.190 e. The molecule has 23 heavy (non-hydrogen) atoms. The van der Waals surface area contributed by atoms with Crippen molar-refractivity contribution in [1.29, 1.82) is 0 Å². The highest BCUT2D eigenvalue weighted by molar-refractivity contribution is 7.11. The monoisotopic (exact) mass is 350 g/mol. The number of aliphatic imine (C=N–C) groups is 1. The van der Waals surface area contributed by atoms with Crippen LogP contribution in [-0.4, -0.2) is 31.1 Å². The molecule has 2 aromatic rings. The Balaban J connectivity index is 1.68. The molecular formula is C17H26N4S2. The summed E-state index contributed by atoms with van der Waals surface area (Å²) in [6.45, 7) is 8.23. The number of hydrogen-bond donors (Lipinski definition) is 2. The average molecular weight is 351 g/mol. The van der Waals surface area contributed by atoms with E-state index in [1.807, 2.05) is 18.4 Å². The Morgan fingerprint density at radius 1 is 1.35 bits per heavy atom. The minimum absolute atomic E-state index is 0.580. The first-order chi connectivity index (χ1) is 11.1. The summed E-state index contributed by atoms with van der Waals surface area (Å²) in [6.07, 6.45) is 2.05. The first-order valence-electron chi connectivity index (χ1n) is 7.98. The SMILES string of the molecule is CN=C(NCCc1nc(C)c(C)s1)NCC(C)Cc1cccs1. The van der Waals surface area contributed by atoms with Crippen LogP contribution in [-0.2, 0) is 12.8 Å². The standard InChI is InChI=1S/C17H26N4S2/c1-12(10-15-6-5-9-22-15)11-20-17(18-4)19-8-7-16-21-13(2)14(3)23-16/h5-6,9,12H,7-8,10-11H2,1-4H3,(H2,18,19,20). The summed E-state index contributed by atoms with van der Waals surface area (Å²) in [5.74, 6) is 1.45. The third-order valence-corrected chi connectivity index (χ3v) is 5.71. The lowest BCUT2D eigenvalue weighted by atomic mass is 10.1. The summed E-state index contributed by atoms with van der Waals surface area (Å²) in [5.41, 5.74) is 1.15. The van der Waals surface area contributed by atoms with Gasteiger partial charge in [-0.3, -0.25) is 4.99 Å². The van der Waals surface area contributed by atoms with Crippen molar-refractivity contribution < 1.29 is 0 Å². The molecule has 6 heteroatoms. The van der Waals surface area contributed by atoms with E-state index < -0.39 is 0 Å². The second-order valence-electron chi connectivity index (χ2n) is 5.77. The zero-order chi connectivity index (χ0) is 16.7. The Morgan fingerprint density at radius 2 is 2.17 bits per heavy atom. The minimum atomic E-state index is 0.580. The highest BCUT2D eigenvalue weighted by Crippen LogP contribution is 2.16. The fourth-order valence-electron chi connectivity index (χ4n) is 2.27. The third kappa shape index (κ3) is 5.95. The van der Waals surface area contributed by atoms with Crippen LogP contribution in [0.3, 0.4) is 0 Å². The zero-order valence-electron chi connectivity index (χ0n) is 14.3. The number of thiophene rings is 1. The summed E-state index contributed by atoms with van der Waals surface area (Å²) in [7, 11) is 1.82. The molecule has 0 bridgehead atoms. The van der Waals surface area contributed by atoms with Crippen LogP contribution in [0.2, 0.25) is 0 Å². The molecule has 0 aliphatic carbocycles. The maximum absolute atomic E-state index is 4.57. The molecule has 0 radical (unpaired) electrons. The molecule has 0 saturated carbocycles. The van der Waals surface area contributed by atoms with Crippen molar-refractivity contribution in [1.82, 2.24) is 15.6 Å². The third-order valence-electron chi connectivity index (χ3n) is 3.68. The fraction of sp³-hybridized carbons (Fsp3) is 0.529. The summed E-state index contributed by atoms with van der Waals surface area (Å²) in [5, 5.41) is 10.1. The van der Waals surface area contributed by atoms with Crippen LogP contribution in [0.4, 0.5) is 0 Å². The molecule has 2 heterocycles. The molecule has 2 rings (SSSR count). The van der Waals surface area contributed by atoms with Gasteiger partial charge >= 0.3 is 0 Å². The van der Waals surface area contributed by atoms with Gasteiger partial charge in [-0.05, 0) is 37.6 Å². The second-order valence-corrected chi connectivity index (χ2v) is 8.09. The van der Waals surface area contributed by atoms with Crippen molar-refractivity contribution in [3.8, 4) is 0 Å². The molecule has 0 spiro atoms. The minimum Gasteiger partial charge on any atom is -0.356 e. The number of nitrogens with zero attached hydrogens (tertiary/aromatic N) is 2. The van der Waals surface area contributed by atoms with E-state index in [1.54, 1.807) is 11.3 Å². The van der Waals surface area contributed by atoms with E-state index >= 15 is 0 Å². The van der Waals surface area contributed by atoms with Crippen molar-refractivity contribution >= 4 is 28.6 Å². The molecular weight excluding hydrogens is 324 g/mol. The highest BCUT2D eigenvalue weighted by Gasteiger charge is 2.07. The van der Waals surface area contributed by atoms with E-state index in [1.165, 1.54) is 14.8 Å². The lowest BCUT2D eigenvalue weighted by molar-refractivity contribution is 0.562. The molecule has 4 nitrogen and oxygen atoms in total. The maximum atomic E-state index is 4.57. The molecule has 0 aliphatic rings. The molecule has 2 N–H and O–H groups in total. The second kappa shape index (κ2) is 9.03. The predicted octanol–water partition coefficient (Wildman–Crippen LogP) is 3.41. The van der Waals surface area contributed by atoms with Gasteiger partial charge in [-0.1, -0.05) is 13.0 Å². The Kier molecular flexibility index (Phi) is 7.05. The summed E-state index contributed by atoms with van der Waals surface area (Å²) in [6, 6.07) is 4.31. The molecule has 1 unspecified atom stereocenters. The number of aromatic nitrogens is 1. The van der Waals surface area contributed by atoms with Gasteiger partial charge in [0, 0.05) is 36.3 Å². The van der Waals surface area contributed by atoms with Gasteiger partial charge in [0.1, 0.15) is 0 Å². The first-order valence-corrected chi connectivity index (χ1v) is 9.68. The Hall–Kier alpha value is -1.40. The molecule has 0 aliphatic heterocycles. The predicted molar refractivity (Wildman–Crippen MR) is 102 cm³/mol. The number of aryl methyl sites for hydroxylation is 2. The molecule has 0 saturated heterocycles. The van der Waals surface area contributed by atoms with Crippen molar-refractivity contribution in [2.24, 2.45) is 10.9 Å². The van der Waals surface area contributed by atoms with Crippen LogP contribution in [0.15, 0.2) is 22.5 Å². The van der Waals surface area contributed by atoms with E-state index in [9.17, 15) is 0 Å². The van der Waals surface area contributed by atoms with Crippen LogP contribution in [0.25, 0.3) is 0 Å². The van der Waals surface area contributed by atoms with Crippen molar-refractivity contribution in [3.05, 3.63) is 38.0 Å². The Labute approximate surface area is 147 Å². The lowest BCUT2D eigenvalue weighted by Gasteiger charge is -2.15. The van der Waals surface area contributed by atoms with Crippen molar-refractivity contribution in [2.45, 2.75) is 33.6 Å². The zero-order valence-corrected chi connectivity index (χ0v) is 16.0. The Morgan fingerprint density at radius 3 is 2.78 bits per heavy atom. The number of guanidine groups is 1. The molecule has 2 aromatic heterocycles. The van der Waals surface area contributed by atoms with Gasteiger partial charge in [0.2, 0.25) is 0 Å². The van der Waals surface area contributed by atoms with Crippen LogP contribution in [0, 0.1) is 19.8 Å². The molecule has 0 fully saturated rings. The lowest BCUT2D eigenvalue weighted by Crippen LogP contribution is -2.40. The topological polar surface area (TPSA) is 49.3 Å². The Bertz CT molecular complexity index is 597. The molecule has 0 amide bonds. The number of hydrogen-bond acceptors (Lipinski definition) is 4. The molecule has 0 aromatic carbocycles. The van der Waals surface area contributed by atoms with Crippen molar-refractivity contribution in [2.75, 3.05) is 20.1 Å². The van der Waals surface area contributed by atoms with Crippen LogP contribution in [0.5, 0.6) is 0 Å². The summed E-state index contributed by atoms with van der Waals surface area (Å²) < 4.78 is 0. The number of rotatable bonds is 7. The number of nitrogens with one attached hydrogen (secondary N) is 2. The van der Waals surface area contributed by atoms with Gasteiger partial charge in [-0.2, -0.15) is 0 Å². The summed E-state index contributed by atoms with van der Waals surface area (Å²) >= 11 is 3.61. The van der Waals surface area contributed by atoms with Gasteiger partial charge in [-0.15, -0.1) is 22.7 Å². The molecule has 126 valence electrons. The highest BCUT2D eigenvalue weighted by atomic mass is 32.1. The van der Waals surface area contributed by atoms with Gasteiger partial charge in [0.25, 0.3) is 0 Å². The van der Waals surface area contributed by atoms with Crippen LogP contribution in [0.1, 0.15) is 27.4 Å². The van der Waals surface area contributed by atoms with Gasteiger partial charge < -0.3 is 10.6 Å². The quantitative estimate of drug-likeness (QED) is 0.594. The van der Waals surface area contributed by atoms with Gasteiger partial charge in [0.05, 0.1) is 10.7 Å². The van der Waals surface area contributed by atoms with Crippen LogP contribution < -0.4 is 10.6 Å². The van der Waals surface area contributed by atoms with Gasteiger partial charge in [0.15, 0.2) is 5.96 Å². The summed E-state index contributed by atoms with van der Waals surface area (Å²) in [4.78, 5) is 11.6. The van der Waals surface area contributed by atoms with E-state index in [0.717, 1.165) is 37.6 Å². The first kappa shape index (κ1) is 17.9. The average Bonchev–Trinajstić information content (AvgIpc) is 3.13. The van der Waals surface area contributed by atoms with E-state index in [0.29, 0.717) is 5.92 Å². The largest absolute Gasteiger partial charge is 0.356 e. The van der Waals surface area contributed by atoms with Gasteiger partial charge in [-0.25, -0.2) is 4.98 Å².